The van der Waals surface area contributed by atoms with Crippen LogP contribution in [0.1, 0.15) is 15.9 Å². The summed E-state index contributed by atoms with van der Waals surface area (Å²) < 4.78 is 0. The Labute approximate surface area is 99.7 Å². The number of hydrogen-bond donors (Lipinski definition) is 0. The largest absolute Gasteiger partial charge is 0.276 e. The van der Waals surface area contributed by atoms with Crippen LogP contribution in [0, 0.1) is 6.92 Å². The SMILES string of the molecule is Cc1cccc(C(=O)Cl)c1-c1ccccc1. The van der Waals surface area contributed by atoms with Crippen molar-refractivity contribution >= 4 is 16.8 Å². The first-order valence-electron chi connectivity index (χ1n) is 5.05. The van der Waals surface area contributed by atoms with Crippen LogP contribution in [0.3, 0.4) is 0 Å². The molecule has 16 heavy (non-hydrogen) atoms. The van der Waals surface area contributed by atoms with Crippen molar-refractivity contribution < 1.29 is 4.79 Å². The maximum absolute atomic E-state index is 11.4. The molecule has 0 radical (unpaired) electrons. The van der Waals surface area contributed by atoms with Crippen molar-refractivity contribution in [2.45, 2.75) is 6.92 Å². The van der Waals surface area contributed by atoms with Crippen molar-refractivity contribution in [1.82, 2.24) is 0 Å². The maximum atomic E-state index is 11.4. The molecule has 80 valence electrons. The van der Waals surface area contributed by atoms with Crippen molar-refractivity contribution in [2.75, 3.05) is 0 Å². The summed E-state index contributed by atoms with van der Waals surface area (Å²) in [6, 6.07) is 15.4. The van der Waals surface area contributed by atoms with Crippen LogP contribution in [-0.2, 0) is 0 Å². The zero-order valence-corrected chi connectivity index (χ0v) is 9.66. The van der Waals surface area contributed by atoms with Gasteiger partial charge in [0, 0.05) is 5.56 Å². The quantitative estimate of drug-likeness (QED) is 0.712. The van der Waals surface area contributed by atoms with Gasteiger partial charge in [-0.25, -0.2) is 0 Å². The van der Waals surface area contributed by atoms with Gasteiger partial charge in [-0.2, -0.15) is 0 Å². The van der Waals surface area contributed by atoms with Crippen LogP contribution < -0.4 is 0 Å². The molecule has 0 atom stereocenters. The average Bonchev–Trinajstić information content (AvgIpc) is 2.29. The smallest absolute Gasteiger partial charge is 0.253 e. The first-order valence-corrected chi connectivity index (χ1v) is 5.43. The molecule has 2 aromatic rings. The fraction of sp³-hybridized carbons (Fsp3) is 0.0714. The zero-order chi connectivity index (χ0) is 11.5. The Morgan fingerprint density at radius 2 is 1.69 bits per heavy atom. The van der Waals surface area contributed by atoms with E-state index in [0.29, 0.717) is 5.56 Å². The van der Waals surface area contributed by atoms with Crippen LogP contribution in [0.2, 0.25) is 0 Å². The summed E-state index contributed by atoms with van der Waals surface area (Å²) in [5.74, 6) is 0. The van der Waals surface area contributed by atoms with Crippen LogP contribution >= 0.6 is 11.6 Å². The highest BCUT2D eigenvalue weighted by Crippen LogP contribution is 2.28. The molecule has 0 unspecified atom stereocenters. The molecule has 0 aliphatic rings. The van der Waals surface area contributed by atoms with Gasteiger partial charge < -0.3 is 0 Å². The summed E-state index contributed by atoms with van der Waals surface area (Å²) in [7, 11) is 0. The monoisotopic (exact) mass is 230 g/mol. The molecule has 2 aromatic carbocycles. The summed E-state index contributed by atoms with van der Waals surface area (Å²) in [6.07, 6.45) is 0. The standard InChI is InChI=1S/C14H11ClO/c1-10-6-5-9-12(14(15)16)13(10)11-7-3-2-4-8-11/h2-9H,1H3. The summed E-state index contributed by atoms with van der Waals surface area (Å²) in [5.41, 5.74) is 3.55. The molecule has 2 rings (SSSR count). The van der Waals surface area contributed by atoms with Crippen LogP contribution in [0.25, 0.3) is 11.1 Å². The topological polar surface area (TPSA) is 17.1 Å². The second-order valence-electron chi connectivity index (χ2n) is 3.64. The third-order valence-corrected chi connectivity index (χ3v) is 2.75. The fourth-order valence-electron chi connectivity index (χ4n) is 1.82. The highest BCUT2D eigenvalue weighted by molar-refractivity contribution is 6.68. The summed E-state index contributed by atoms with van der Waals surface area (Å²) in [4.78, 5) is 11.4. The van der Waals surface area contributed by atoms with Gasteiger partial charge in [-0.15, -0.1) is 0 Å². The van der Waals surface area contributed by atoms with Crippen molar-refractivity contribution in [3.05, 3.63) is 59.7 Å². The second kappa shape index (κ2) is 4.50. The Balaban J connectivity index is 2.68. The first kappa shape index (κ1) is 10.9. The minimum Gasteiger partial charge on any atom is -0.276 e. The number of carbonyl (C=O) groups is 1. The molecule has 0 fully saturated rings. The van der Waals surface area contributed by atoms with E-state index in [0.717, 1.165) is 16.7 Å². The summed E-state index contributed by atoms with van der Waals surface area (Å²) in [6.45, 7) is 1.98. The lowest BCUT2D eigenvalue weighted by Crippen LogP contribution is -1.95. The molecule has 0 bridgehead atoms. The van der Waals surface area contributed by atoms with E-state index < -0.39 is 5.24 Å². The number of aryl methyl sites for hydroxylation is 1. The second-order valence-corrected chi connectivity index (χ2v) is 3.98. The van der Waals surface area contributed by atoms with Crippen molar-refractivity contribution in [1.29, 1.82) is 0 Å². The molecule has 0 spiro atoms. The van der Waals surface area contributed by atoms with Gasteiger partial charge in [0.1, 0.15) is 0 Å². The minimum atomic E-state index is -0.414. The molecule has 0 heterocycles. The predicted octanol–water partition coefficient (Wildman–Crippen LogP) is 4.04. The molecule has 0 aromatic heterocycles. The molecule has 0 saturated carbocycles. The van der Waals surface area contributed by atoms with Crippen LogP contribution in [-0.4, -0.2) is 5.24 Å². The van der Waals surface area contributed by atoms with E-state index in [2.05, 4.69) is 0 Å². The third kappa shape index (κ3) is 2.00. The van der Waals surface area contributed by atoms with Crippen molar-refractivity contribution in [2.24, 2.45) is 0 Å². The molecule has 0 aliphatic carbocycles. The van der Waals surface area contributed by atoms with E-state index in [1.165, 1.54) is 0 Å². The Bertz CT molecular complexity index is 518. The van der Waals surface area contributed by atoms with Gasteiger partial charge in [0.25, 0.3) is 5.24 Å². The number of halogens is 1. The maximum Gasteiger partial charge on any atom is 0.253 e. The number of benzene rings is 2. The van der Waals surface area contributed by atoms with E-state index in [1.54, 1.807) is 6.07 Å². The lowest BCUT2D eigenvalue weighted by Gasteiger charge is -2.09. The number of hydrogen-bond acceptors (Lipinski definition) is 1. The highest BCUT2D eigenvalue weighted by atomic mass is 35.5. The van der Waals surface area contributed by atoms with E-state index >= 15 is 0 Å². The molecule has 1 nitrogen and oxygen atoms in total. The van der Waals surface area contributed by atoms with Crippen LogP contribution in [0.5, 0.6) is 0 Å². The molecule has 0 saturated heterocycles. The Hall–Kier alpha value is -1.60. The predicted molar refractivity (Wildman–Crippen MR) is 66.8 cm³/mol. The Kier molecular flexibility index (Phi) is 3.07. The van der Waals surface area contributed by atoms with Crippen LogP contribution in [0.4, 0.5) is 0 Å². The highest BCUT2D eigenvalue weighted by Gasteiger charge is 2.12. The fourth-order valence-corrected chi connectivity index (χ4v) is 1.98. The van der Waals surface area contributed by atoms with Gasteiger partial charge in [-0.1, -0.05) is 42.5 Å². The lowest BCUT2D eigenvalue weighted by molar-refractivity contribution is 0.108. The molecule has 2 heteroatoms. The van der Waals surface area contributed by atoms with Gasteiger partial charge in [0.2, 0.25) is 0 Å². The van der Waals surface area contributed by atoms with Crippen molar-refractivity contribution in [3.8, 4) is 11.1 Å². The van der Waals surface area contributed by atoms with Gasteiger partial charge >= 0.3 is 0 Å². The van der Waals surface area contributed by atoms with E-state index in [1.807, 2.05) is 49.4 Å². The van der Waals surface area contributed by atoms with Crippen molar-refractivity contribution in [3.63, 3.8) is 0 Å². The average molecular weight is 231 g/mol. The van der Waals surface area contributed by atoms with Gasteiger partial charge in [0.05, 0.1) is 0 Å². The Morgan fingerprint density at radius 3 is 2.31 bits per heavy atom. The third-order valence-electron chi connectivity index (χ3n) is 2.55. The zero-order valence-electron chi connectivity index (χ0n) is 8.91. The van der Waals surface area contributed by atoms with E-state index in [4.69, 9.17) is 11.6 Å². The van der Waals surface area contributed by atoms with Gasteiger partial charge in [-0.3, -0.25) is 4.79 Å². The van der Waals surface area contributed by atoms with E-state index in [9.17, 15) is 4.79 Å². The molecule has 0 N–H and O–H groups in total. The van der Waals surface area contributed by atoms with E-state index in [-0.39, 0.29) is 0 Å². The molecular formula is C14H11ClO. The Morgan fingerprint density at radius 1 is 1.00 bits per heavy atom. The molecule has 0 amide bonds. The van der Waals surface area contributed by atoms with Crippen LogP contribution in [0.15, 0.2) is 48.5 Å². The summed E-state index contributed by atoms with van der Waals surface area (Å²) in [5, 5.41) is -0.414. The number of carbonyl (C=O) groups excluding carboxylic acids is 1. The summed E-state index contributed by atoms with van der Waals surface area (Å²) >= 11 is 5.59. The normalized spacial score (nSPS) is 10.1. The number of rotatable bonds is 2. The van der Waals surface area contributed by atoms with Gasteiger partial charge in [0.15, 0.2) is 0 Å². The van der Waals surface area contributed by atoms with Gasteiger partial charge in [-0.05, 0) is 41.3 Å². The molecule has 0 aliphatic heterocycles. The lowest BCUT2D eigenvalue weighted by atomic mass is 9.96. The minimum absolute atomic E-state index is 0.414. The molecular weight excluding hydrogens is 220 g/mol. The first-order chi connectivity index (χ1) is 7.70.